The lowest BCUT2D eigenvalue weighted by molar-refractivity contribution is -0.143. The molecule has 3 amide bonds. The maximum atomic E-state index is 13.8. The normalized spacial score (nSPS) is 29.6. The highest BCUT2D eigenvalue weighted by molar-refractivity contribution is 6.15. The zero-order valence-electron chi connectivity index (χ0n) is 19.0. The molecule has 5 atom stereocenters. The second-order valence-electron chi connectivity index (χ2n) is 9.56. The minimum Gasteiger partial charge on any atom is -0.454 e. The molecule has 1 spiro atoms. The van der Waals surface area contributed by atoms with Crippen LogP contribution in [-0.4, -0.2) is 46.7 Å². The van der Waals surface area contributed by atoms with Crippen LogP contribution in [0.1, 0.15) is 29.2 Å². The highest BCUT2D eigenvalue weighted by Gasteiger charge is 2.71. The number of aryl methyl sites for hydroxylation is 1. The summed E-state index contributed by atoms with van der Waals surface area (Å²) in [5, 5.41) is 16.7. The smallest absolute Gasteiger partial charge is 0.250 e. The van der Waals surface area contributed by atoms with Crippen LogP contribution >= 0.6 is 0 Å². The van der Waals surface area contributed by atoms with E-state index in [0.717, 1.165) is 11.1 Å². The highest BCUT2D eigenvalue weighted by atomic mass is 16.7. The van der Waals surface area contributed by atoms with Crippen LogP contribution in [0, 0.1) is 25.7 Å². The predicted octanol–water partition coefficient (Wildman–Crippen LogP) is 1.33. The van der Waals surface area contributed by atoms with Gasteiger partial charge in [-0.1, -0.05) is 18.2 Å². The number of aliphatic hydroxyl groups excluding tert-OH is 1. The van der Waals surface area contributed by atoms with Gasteiger partial charge in [-0.2, -0.15) is 0 Å². The number of likely N-dealkylation sites (tertiary alicyclic amines) is 1. The average molecular weight is 463 g/mol. The number of nitrogens with zero attached hydrogens (tertiary/aromatic N) is 1. The summed E-state index contributed by atoms with van der Waals surface area (Å²) in [6.07, 6.45) is -0.947. The van der Waals surface area contributed by atoms with Crippen LogP contribution in [0.2, 0.25) is 0 Å². The standard InChI is InChI=1S/C25H25N3O6/c1-11-4-6-15-20(12(11)2)26-24(32)25(15)19-18(21(27-25)13(3)29)22(30)28(23(19)31)9-14-5-7-16-17(8-14)34-10-33-16/h4-8,13,18-19,21,27,29H,9-10H2,1-3H3,(H,26,32)/t13-,18+,19+,21-,25+/m1/s1. The van der Waals surface area contributed by atoms with E-state index in [0.29, 0.717) is 28.3 Å². The van der Waals surface area contributed by atoms with Crippen LogP contribution in [-0.2, 0) is 26.5 Å². The second kappa shape index (κ2) is 7.04. The lowest BCUT2D eigenvalue weighted by Crippen LogP contribution is -2.54. The first-order valence-electron chi connectivity index (χ1n) is 11.4. The Balaban J connectivity index is 1.43. The van der Waals surface area contributed by atoms with Crippen molar-refractivity contribution < 1.29 is 29.0 Å². The van der Waals surface area contributed by atoms with E-state index in [1.165, 1.54) is 4.90 Å². The number of amides is 3. The molecule has 6 rings (SSSR count). The van der Waals surface area contributed by atoms with Crippen molar-refractivity contribution in [3.8, 4) is 11.5 Å². The van der Waals surface area contributed by atoms with Gasteiger partial charge in [-0.05, 0) is 49.6 Å². The van der Waals surface area contributed by atoms with E-state index in [4.69, 9.17) is 9.47 Å². The topological polar surface area (TPSA) is 117 Å². The Morgan fingerprint density at radius 1 is 1.12 bits per heavy atom. The van der Waals surface area contributed by atoms with Gasteiger partial charge in [0, 0.05) is 17.3 Å². The number of aliphatic hydroxyl groups is 1. The van der Waals surface area contributed by atoms with Gasteiger partial charge >= 0.3 is 0 Å². The second-order valence-corrected chi connectivity index (χ2v) is 9.56. The molecule has 0 bridgehead atoms. The van der Waals surface area contributed by atoms with Gasteiger partial charge in [-0.3, -0.25) is 24.6 Å². The molecule has 0 saturated carbocycles. The van der Waals surface area contributed by atoms with Gasteiger partial charge in [0.05, 0.1) is 24.5 Å². The molecule has 0 unspecified atom stereocenters. The molecular formula is C25H25N3O6. The predicted molar refractivity (Wildman–Crippen MR) is 120 cm³/mol. The Hall–Kier alpha value is -3.43. The first-order valence-corrected chi connectivity index (χ1v) is 11.4. The van der Waals surface area contributed by atoms with E-state index in [2.05, 4.69) is 10.6 Å². The van der Waals surface area contributed by atoms with Crippen molar-refractivity contribution in [1.82, 2.24) is 10.2 Å². The van der Waals surface area contributed by atoms with Gasteiger partial charge in [0.2, 0.25) is 24.5 Å². The monoisotopic (exact) mass is 463 g/mol. The number of rotatable bonds is 3. The lowest BCUT2D eigenvalue weighted by atomic mass is 9.76. The quantitative estimate of drug-likeness (QED) is 0.588. The number of ether oxygens (including phenoxy) is 2. The fourth-order valence-corrected chi connectivity index (χ4v) is 5.90. The fraction of sp³-hybridized carbons (Fsp3) is 0.400. The minimum absolute atomic E-state index is 0.0469. The Morgan fingerprint density at radius 3 is 2.65 bits per heavy atom. The number of imide groups is 1. The summed E-state index contributed by atoms with van der Waals surface area (Å²) in [5.41, 5.74) is 2.52. The van der Waals surface area contributed by atoms with Crippen molar-refractivity contribution in [2.24, 2.45) is 11.8 Å². The summed E-state index contributed by atoms with van der Waals surface area (Å²) in [6.45, 7) is 5.61. The van der Waals surface area contributed by atoms with Crippen LogP contribution in [0.4, 0.5) is 5.69 Å². The van der Waals surface area contributed by atoms with E-state index in [1.54, 1.807) is 25.1 Å². The van der Waals surface area contributed by atoms with Crippen LogP contribution < -0.4 is 20.1 Å². The number of carbonyl (C=O) groups is 3. The molecule has 2 fully saturated rings. The summed E-state index contributed by atoms with van der Waals surface area (Å²) in [5.74, 6) is -1.84. The molecule has 2 aromatic carbocycles. The number of fused-ring (bicyclic) bond motifs is 5. The molecule has 2 saturated heterocycles. The average Bonchev–Trinajstić information content (AvgIpc) is 3.53. The third-order valence-corrected chi connectivity index (χ3v) is 7.74. The Bertz CT molecular complexity index is 1270. The van der Waals surface area contributed by atoms with Crippen LogP contribution in [0.15, 0.2) is 30.3 Å². The number of anilines is 1. The summed E-state index contributed by atoms with van der Waals surface area (Å²) < 4.78 is 10.8. The van der Waals surface area contributed by atoms with E-state index < -0.39 is 41.3 Å². The van der Waals surface area contributed by atoms with Gasteiger partial charge in [0.1, 0.15) is 5.54 Å². The molecule has 0 radical (unpaired) electrons. The van der Waals surface area contributed by atoms with Crippen molar-refractivity contribution >= 4 is 23.4 Å². The number of carbonyl (C=O) groups excluding carboxylic acids is 3. The van der Waals surface area contributed by atoms with Crippen LogP contribution in [0.5, 0.6) is 11.5 Å². The highest BCUT2D eigenvalue weighted by Crippen LogP contribution is 2.54. The van der Waals surface area contributed by atoms with E-state index in [-0.39, 0.29) is 19.2 Å². The van der Waals surface area contributed by atoms with Crippen molar-refractivity contribution in [3.63, 3.8) is 0 Å². The van der Waals surface area contributed by atoms with Gasteiger partial charge in [-0.15, -0.1) is 0 Å². The van der Waals surface area contributed by atoms with Crippen molar-refractivity contribution in [2.75, 3.05) is 12.1 Å². The molecule has 176 valence electrons. The minimum atomic E-state index is -1.42. The van der Waals surface area contributed by atoms with E-state index in [1.807, 2.05) is 26.0 Å². The SMILES string of the molecule is Cc1ccc2c(c1C)NC(=O)[C@]21N[C@H]([C@@H](C)O)[C@H]2C(=O)N(Cc3ccc4c(c3)OCO4)C(=O)[C@H]21. The molecule has 4 aliphatic heterocycles. The van der Waals surface area contributed by atoms with Crippen LogP contribution in [0.25, 0.3) is 0 Å². The number of hydrogen-bond donors (Lipinski definition) is 3. The number of benzene rings is 2. The molecule has 0 aliphatic carbocycles. The zero-order valence-corrected chi connectivity index (χ0v) is 19.0. The summed E-state index contributed by atoms with van der Waals surface area (Å²) in [6, 6.07) is 8.28. The zero-order chi connectivity index (χ0) is 23.9. The molecular weight excluding hydrogens is 438 g/mol. The molecule has 3 N–H and O–H groups in total. The maximum Gasteiger partial charge on any atom is 0.250 e. The third kappa shape index (κ3) is 2.59. The summed E-state index contributed by atoms with van der Waals surface area (Å²) in [4.78, 5) is 42.1. The number of nitrogens with one attached hydrogen (secondary N) is 2. The first kappa shape index (κ1) is 21.1. The fourth-order valence-electron chi connectivity index (χ4n) is 5.90. The Kier molecular flexibility index (Phi) is 4.37. The molecule has 2 aromatic rings. The molecule has 9 heteroatoms. The Morgan fingerprint density at radius 2 is 1.88 bits per heavy atom. The molecule has 34 heavy (non-hydrogen) atoms. The summed E-state index contributed by atoms with van der Waals surface area (Å²) in [7, 11) is 0. The molecule has 4 aliphatic rings. The van der Waals surface area contributed by atoms with E-state index in [9.17, 15) is 19.5 Å². The van der Waals surface area contributed by atoms with Gasteiger partial charge in [0.25, 0.3) is 0 Å². The third-order valence-electron chi connectivity index (χ3n) is 7.74. The first-order chi connectivity index (χ1) is 16.2. The number of hydrogen-bond acceptors (Lipinski definition) is 7. The van der Waals surface area contributed by atoms with Gasteiger partial charge in [-0.25, -0.2) is 0 Å². The van der Waals surface area contributed by atoms with Gasteiger partial charge < -0.3 is 19.9 Å². The molecule has 9 nitrogen and oxygen atoms in total. The van der Waals surface area contributed by atoms with Crippen molar-refractivity contribution in [2.45, 2.75) is 45.0 Å². The van der Waals surface area contributed by atoms with E-state index >= 15 is 0 Å². The Labute approximate surface area is 196 Å². The van der Waals surface area contributed by atoms with Crippen LogP contribution in [0.3, 0.4) is 0 Å². The maximum absolute atomic E-state index is 13.8. The lowest BCUT2D eigenvalue weighted by Gasteiger charge is -2.30. The van der Waals surface area contributed by atoms with Crippen molar-refractivity contribution in [1.29, 1.82) is 0 Å². The largest absolute Gasteiger partial charge is 0.454 e. The van der Waals surface area contributed by atoms with Crippen molar-refractivity contribution in [3.05, 3.63) is 52.6 Å². The molecule has 4 heterocycles. The summed E-state index contributed by atoms with van der Waals surface area (Å²) >= 11 is 0. The molecule has 0 aromatic heterocycles. The van der Waals surface area contributed by atoms with Gasteiger partial charge in [0.15, 0.2) is 11.5 Å².